The van der Waals surface area contributed by atoms with E-state index in [4.69, 9.17) is 0 Å². The number of nitrogens with one attached hydrogen (secondary N) is 1. The highest BCUT2D eigenvalue weighted by Crippen LogP contribution is 2.28. The zero-order chi connectivity index (χ0) is 15.4. The van der Waals surface area contributed by atoms with Crippen LogP contribution in [0.1, 0.15) is 31.9 Å². The molecule has 1 atom stereocenters. The number of hydrogen-bond donors (Lipinski definition) is 1. The minimum atomic E-state index is -4.50. The number of aromatic nitrogens is 1. The van der Waals surface area contributed by atoms with Crippen LogP contribution in [0.3, 0.4) is 0 Å². The largest absolute Gasteiger partial charge is 0.433 e. The molecule has 0 bridgehead atoms. The Kier molecular flexibility index (Phi) is 5.24. The summed E-state index contributed by atoms with van der Waals surface area (Å²) < 4.78 is 72.7. The molecule has 0 aliphatic rings. The first-order chi connectivity index (χ1) is 9.08. The monoisotopic (exact) mass is 300 g/mol. The van der Waals surface area contributed by atoms with Gasteiger partial charge in [0.2, 0.25) is 0 Å². The lowest BCUT2D eigenvalue weighted by Crippen LogP contribution is -2.17. The van der Waals surface area contributed by atoms with E-state index in [1.54, 1.807) is 6.92 Å². The molecule has 0 fully saturated rings. The van der Waals surface area contributed by atoms with E-state index < -0.39 is 24.5 Å². The van der Waals surface area contributed by atoms with E-state index in [2.05, 4.69) is 10.3 Å². The lowest BCUT2D eigenvalue weighted by atomic mass is 10.1. The molecule has 0 saturated heterocycles. The summed E-state index contributed by atoms with van der Waals surface area (Å²) in [5, 5.41) is 2.81. The van der Waals surface area contributed by atoms with Gasteiger partial charge in [0.15, 0.2) is 0 Å². The number of alkyl halides is 6. The Morgan fingerprint density at radius 2 is 1.80 bits per heavy atom. The van der Waals surface area contributed by atoms with E-state index in [1.165, 1.54) is 6.07 Å². The molecule has 0 radical (unpaired) electrons. The smallest absolute Gasteiger partial charge is 0.381 e. The van der Waals surface area contributed by atoms with Gasteiger partial charge >= 0.3 is 12.4 Å². The summed E-state index contributed by atoms with van der Waals surface area (Å²) in [4.78, 5) is 3.26. The minimum absolute atomic E-state index is 0.0360. The lowest BCUT2D eigenvalue weighted by Gasteiger charge is -2.16. The van der Waals surface area contributed by atoms with Gasteiger partial charge in [0.05, 0.1) is 11.9 Å². The molecule has 20 heavy (non-hydrogen) atoms. The second kappa shape index (κ2) is 6.32. The Morgan fingerprint density at radius 3 is 2.25 bits per heavy atom. The fourth-order valence-corrected chi connectivity index (χ4v) is 1.61. The second-order valence-corrected chi connectivity index (χ2v) is 4.48. The molecule has 8 heteroatoms. The van der Waals surface area contributed by atoms with Crippen molar-refractivity contribution in [3.8, 4) is 0 Å². The Bertz CT molecular complexity index is 409. The van der Waals surface area contributed by atoms with Crippen LogP contribution in [0.5, 0.6) is 0 Å². The van der Waals surface area contributed by atoms with E-state index >= 15 is 0 Å². The Labute approximate surface area is 112 Å². The highest BCUT2D eigenvalue weighted by atomic mass is 19.4. The number of halogens is 6. The predicted molar refractivity (Wildman–Crippen MR) is 62.2 cm³/mol. The van der Waals surface area contributed by atoms with Gasteiger partial charge in [-0.25, -0.2) is 4.98 Å². The summed E-state index contributed by atoms with van der Waals surface area (Å²) in [5.74, 6) is 0. The van der Waals surface area contributed by atoms with Crippen LogP contribution in [0.4, 0.5) is 32.0 Å². The second-order valence-electron chi connectivity index (χ2n) is 4.48. The summed E-state index contributed by atoms with van der Waals surface area (Å²) >= 11 is 0. The highest BCUT2D eigenvalue weighted by molar-refractivity contribution is 5.42. The van der Waals surface area contributed by atoms with Crippen molar-refractivity contribution in [3.05, 3.63) is 24.0 Å². The molecule has 1 aromatic heterocycles. The lowest BCUT2D eigenvalue weighted by molar-refractivity contribution is -0.141. The van der Waals surface area contributed by atoms with Crippen molar-refractivity contribution in [1.82, 2.24) is 4.98 Å². The van der Waals surface area contributed by atoms with Crippen LogP contribution >= 0.6 is 0 Å². The molecule has 0 amide bonds. The van der Waals surface area contributed by atoms with Crippen molar-refractivity contribution in [3.63, 3.8) is 0 Å². The number of hydrogen-bond acceptors (Lipinski definition) is 2. The summed E-state index contributed by atoms with van der Waals surface area (Å²) in [5.41, 5.74) is -0.662. The minimum Gasteiger partial charge on any atom is -0.381 e. The summed E-state index contributed by atoms with van der Waals surface area (Å²) in [6.45, 7) is 1.66. The molecule has 0 spiro atoms. The zero-order valence-electron chi connectivity index (χ0n) is 10.6. The molecule has 1 aromatic rings. The van der Waals surface area contributed by atoms with Gasteiger partial charge in [-0.15, -0.1) is 0 Å². The third-order valence-electron chi connectivity index (χ3n) is 2.56. The normalized spacial score (nSPS) is 14.2. The average molecular weight is 300 g/mol. The van der Waals surface area contributed by atoms with Crippen molar-refractivity contribution in [1.29, 1.82) is 0 Å². The zero-order valence-corrected chi connectivity index (χ0v) is 10.6. The molecule has 1 unspecified atom stereocenters. The van der Waals surface area contributed by atoms with E-state index in [0.29, 0.717) is 5.69 Å². The topological polar surface area (TPSA) is 24.9 Å². The van der Waals surface area contributed by atoms with Gasteiger partial charge in [-0.05, 0) is 31.9 Å². The molecule has 2 nitrogen and oxygen atoms in total. The maximum absolute atomic E-state index is 12.3. The molecule has 1 rings (SSSR count). The standard InChI is InChI=1S/C12H14F6N2/c1-8(3-2-6-11(13,14)15)20-9-4-5-10(19-7-9)12(16,17)18/h4-5,7-8,20H,2-3,6H2,1H3. The Balaban J connectivity index is 2.44. The first-order valence-corrected chi connectivity index (χ1v) is 5.94. The first kappa shape index (κ1) is 16.6. The Morgan fingerprint density at radius 1 is 1.15 bits per heavy atom. The van der Waals surface area contributed by atoms with Crippen LogP contribution in [-0.2, 0) is 6.18 Å². The molecular weight excluding hydrogens is 286 g/mol. The quantitative estimate of drug-likeness (QED) is 0.802. The fraction of sp³-hybridized carbons (Fsp3) is 0.583. The van der Waals surface area contributed by atoms with Crippen LogP contribution in [0.15, 0.2) is 18.3 Å². The first-order valence-electron chi connectivity index (χ1n) is 5.94. The van der Waals surface area contributed by atoms with Crippen LogP contribution in [0.25, 0.3) is 0 Å². The number of anilines is 1. The van der Waals surface area contributed by atoms with Gasteiger partial charge in [0.1, 0.15) is 5.69 Å². The van der Waals surface area contributed by atoms with Crippen molar-refractivity contribution in [2.45, 2.75) is 44.6 Å². The van der Waals surface area contributed by atoms with Crippen LogP contribution < -0.4 is 5.32 Å². The van der Waals surface area contributed by atoms with Gasteiger partial charge < -0.3 is 5.32 Å². The maximum Gasteiger partial charge on any atom is 0.433 e. The van der Waals surface area contributed by atoms with Crippen molar-refractivity contribution in [2.75, 3.05) is 5.32 Å². The fourth-order valence-electron chi connectivity index (χ4n) is 1.61. The Hall–Kier alpha value is -1.47. The molecule has 0 saturated carbocycles. The highest BCUT2D eigenvalue weighted by Gasteiger charge is 2.32. The van der Waals surface area contributed by atoms with Crippen molar-refractivity contribution >= 4 is 5.69 Å². The number of rotatable bonds is 5. The van der Waals surface area contributed by atoms with Gasteiger partial charge in [-0.1, -0.05) is 0 Å². The third-order valence-corrected chi connectivity index (χ3v) is 2.56. The predicted octanol–water partition coefficient (Wildman–Crippen LogP) is 4.63. The van der Waals surface area contributed by atoms with Crippen LogP contribution in [-0.4, -0.2) is 17.2 Å². The van der Waals surface area contributed by atoms with E-state index in [0.717, 1.165) is 12.3 Å². The number of pyridine rings is 1. The van der Waals surface area contributed by atoms with Crippen LogP contribution in [0, 0.1) is 0 Å². The van der Waals surface area contributed by atoms with Crippen LogP contribution in [0.2, 0.25) is 0 Å². The molecular formula is C12H14F6N2. The maximum atomic E-state index is 12.3. The molecule has 1 heterocycles. The molecule has 0 aliphatic heterocycles. The van der Waals surface area contributed by atoms with Crippen molar-refractivity contribution < 1.29 is 26.3 Å². The average Bonchev–Trinajstić information content (AvgIpc) is 2.26. The van der Waals surface area contributed by atoms with Crippen molar-refractivity contribution in [2.24, 2.45) is 0 Å². The molecule has 0 aromatic carbocycles. The van der Waals surface area contributed by atoms with Gasteiger partial charge in [-0.3, -0.25) is 0 Å². The molecule has 1 N–H and O–H groups in total. The SMILES string of the molecule is CC(CCCC(F)(F)F)Nc1ccc(C(F)(F)F)nc1. The summed E-state index contributed by atoms with van der Waals surface area (Å²) in [6.07, 6.45) is -8.31. The van der Waals surface area contributed by atoms with Gasteiger partial charge in [-0.2, -0.15) is 26.3 Å². The summed E-state index contributed by atoms with van der Waals surface area (Å²) in [7, 11) is 0. The van der Waals surface area contributed by atoms with E-state index in [1.807, 2.05) is 0 Å². The third kappa shape index (κ3) is 6.12. The number of nitrogens with zero attached hydrogens (tertiary/aromatic N) is 1. The molecule has 0 aliphatic carbocycles. The van der Waals surface area contributed by atoms with E-state index in [-0.39, 0.29) is 18.9 Å². The van der Waals surface area contributed by atoms with Gasteiger partial charge in [0, 0.05) is 12.5 Å². The van der Waals surface area contributed by atoms with Gasteiger partial charge in [0.25, 0.3) is 0 Å². The molecule has 114 valence electrons. The van der Waals surface area contributed by atoms with E-state index in [9.17, 15) is 26.3 Å². The summed E-state index contributed by atoms with van der Waals surface area (Å²) in [6, 6.07) is 1.75.